The SMILES string of the molecule is COc1ccc([C@H]2[C@H]([N+](=O)[O-])[C@@H]3CCCN3[C@]23C(=O)Nc2ccccc23)cc1OC. The monoisotopic (exact) mass is 409 g/mol. The molecule has 0 saturated carbocycles. The van der Waals surface area contributed by atoms with Crippen molar-refractivity contribution in [3.63, 3.8) is 0 Å². The Labute approximate surface area is 173 Å². The number of para-hydroxylation sites is 1. The number of anilines is 1. The Morgan fingerprint density at radius 2 is 1.93 bits per heavy atom. The fraction of sp³-hybridized carbons (Fsp3) is 0.409. The van der Waals surface area contributed by atoms with Gasteiger partial charge in [-0.15, -0.1) is 0 Å². The molecule has 4 atom stereocenters. The summed E-state index contributed by atoms with van der Waals surface area (Å²) in [7, 11) is 3.08. The quantitative estimate of drug-likeness (QED) is 0.617. The Balaban J connectivity index is 1.78. The standard InChI is InChI=1S/C22H23N3O5/c1-29-17-10-9-13(12-18(17)30-2)19-20(25(27)28)16-8-5-11-24(16)22(19)14-6-3-4-7-15(14)23-21(22)26/h3-4,6-7,9-10,12,16,19-20H,5,8,11H2,1-2H3,(H,23,26)/t16-,19-,20+,22-/m0/s1. The molecular weight excluding hydrogens is 386 g/mol. The topological polar surface area (TPSA) is 93.9 Å². The zero-order chi connectivity index (χ0) is 21.0. The van der Waals surface area contributed by atoms with Gasteiger partial charge in [-0.25, -0.2) is 0 Å². The van der Waals surface area contributed by atoms with Crippen LogP contribution in [0.4, 0.5) is 5.69 Å². The summed E-state index contributed by atoms with van der Waals surface area (Å²) in [6.07, 6.45) is 1.54. The first-order valence-corrected chi connectivity index (χ1v) is 10.1. The molecule has 0 radical (unpaired) electrons. The largest absolute Gasteiger partial charge is 0.493 e. The van der Waals surface area contributed by atoms with E-state index in [9.17, 15) is 14.9 Å². The molecule has 1 N–H and O–H groups in total. The minimum absolute atomic E-state index is 0.195. The smallest absolute Gasteiger partial charge is 0.250 e. The van der Waals surface area contributed by atoms with Gasteiger partial charge in [-0.05, 0) is 36.6 Å². The van der Waals surface area contributed by atoms with E-state index < -0.39 is 17.5 Å². The van der Waals surface area contributed by atoms with E-state index >= 15 is 0 Å². The molecule has 8 heteroatoms. The van der Waals surface area contributed by atoms with Gasteiger partial charge in [0, 0.05) is 22.7 Å². The van der Waals surface area contributed by atoms with Crippen LogP contribution in [-0.4, -0.2) is 48.6 Å². The molecule has 0 aliphatic carbocycles. The fourth-order valence-electron chi connectivity index (χ4n) is 5.84. The summed E-state index contributed by atoms with van der Waals surface area (Å²) < 4.78 is 10.8. The van der Waals surface area contributed by atoms with Gasteiger partial charge in [-0.3, -0.25) is 19.8 Å². The Kier molecular flexibility index (Phi) is 4.21. The Bertz CT molecular complexity index is 1040. The van der Waals surface area contributed by atoms with Crippen molar-refractivity contribution in [2.75, 3.05) is 26.1 Å². The highest BCUT2D eigenvalue weighted by atomic mass is 16.6. The van der Waals surface area contributed by atoms with Crippen molar-refractivity contribution < 1.29 is 19.2 Å². The van der Waals surface area contributed by atoms with E-state index in [-0.39, 0.29) is 16.9 Å². The van der Waals surface area contributed by atoms with E-state index in [0.717, 1.165) is 17.7 Å². The lowest BCUT2D eigenvalue weighted by molar-refractivity contribution is -0.527. The second-order valence-electron chi connectivity index (χ2n) is 8.04. The lowest BCUT2D eigenvalue weighted by Crippen LogP contribution is -2.50. The highest BCUT2D eigenvalue weighted by molar-refractivity contribution is 6.07. The molecule has 0 bridgehead atoms. The van der Waals surface area contributed by atoms with E-state index in [1.807, 2.05) is 30.3 Å². The van der Waals surface area contributed by atoms with Crippen LogP contribution in [0.2, 0.25) is 0 Å². The van der Waals surface area contributed by atoms with Crippen molar-refractivity contribution in [3.05, 3.63) is 63.7 Å². The van der Waals surface area contributed by atoms with Crippen molar-refractivity contribution in [1.82, 2.24) is 4.90 Å². The number of fused-ring (bicyclic) bond motifs is 4. The van der Waals surface area contributed by atoms with Gasteiger partial charge in [-0.2, -0.15) is 0 Å². The van der Waals surface area contributed by atoms with Crippen LogP contribution in [0.25, 0.3) is 0 Å². The van der Waals surface area contributed by atoms with Gasteiger partial charge in [0.1, 0.15) is 5.54 Å². The van der Waals surface area contributed by atoms with Gasteiger partial charge in [0.05, 0.1) is 26.2 Å². The Morgan fingerprint density at radius 1 is 1.17 bits per heavy atom. The van der Waals surface area contributed by atoms with Crippen molar-refractivity contribution in [3.8, 4) is 11.5 Å². The number of nitrogens with zero attached hydrogens (tertiary/aromatic N) is 2. The van der Waals surface area contributed by atoms with E-state index in [1.165, 1.54) is 7.11 Å². The summed E-state index contributed by atoms with van der Waals surface area (Å²) in [5.41, 5.74) is 1.12. The van der Waals surface area contributed by atoms with Crippen molar-refractivity contribution in [2.24, 2.45) is 0 Å². The summed E-state index contributed by atoms with van der Waals surface area (Å²) in [5, 5.41) is 15.3. The molecule has 0 unspecified atom stereocenters. The summed E-state index contributed by atoms with van der Waals surface area (Å²) in [4.78, 5) is 27.8. The number of amides is 1. The second kappa shape index (κ2) is 6.70. The van der Waals surface area contributed by atoms with Crippen LogP contribution >= 0.6 is 0 Å². The number of methoxy groups -OCH3 is 2. The van der Waals surface area contributed by atoms with Gasteiger partial charge in [0.25, 0.3) is 5.91 Å². The molecular formula is C22H23N3O5. The maximum Gasteiger partial charge on any atom is 0.250 e. The van der Waals surface area contributed by atoms with Crippen molar-refractivity contribution in [1.29, 1.82) is 0 Å². The molecule has 0 aromatic heterocycles. The first-order chi connectivity index (χ1) is 14.5. The van der Waals surface area contributed by atoms with Gasteiger partial charge in [0.15, 0.2) is 11.5 Å². The highest BCUT2D eigenvalue weighted by Crippen LogP contribution is 2.59. The van der Waals surface area contributed by atoms with E-state index in [4.69, 9.17) is 9.47 Å². The van der Waals surface area contributed by atoms with Crippen molar-refractivity contribution >= 4 is 11.6 Å². The van der Waals surface area contributed by atoms with Crippen LogP contribution in [0, 0.1) is 10.1 Å². The number of benzene rings is 2. The molecule has 1 amide bonds. The molecule has 3 aliphatic heterocycles. The minimum Gasteiger partial charge on any atom is -0.493 e. The Hall–Kier alpha value is -3.13. The van der Waals surface area contributed by atoms with E-state index in [2.05, 4.69) is 10.2 Å². The van der Waals surface area contributed by atoms with Crippen LogP contribution in [-0.2, 0) is 10.3 Å². The third-order valence-electron chi connectivity index (χ3n) is 6.88. The third kappa shape index (κ3) is 2.28. The third-order valence-corrected chi connectivity index (χ3v) is 6.88. The molecule has 30 heavy (non-hydrogen) atoms. The number of rotatable bonds is 4. The molecule has 1 spiro atoms. The summed E-state index contributed by atoms with van der Waals surface area (Å²) >= 11 is 0. The number of hydrogen-bond acceptors (Lipinski definition) is 6. The first-order valence-electron chi connectivity index (χ1n) is 10.1. The van der Waals surface area contributed by atoms with Crippen molar-refractivity contribution in [2.45, 2.75) is 36.4 Å². The molecule has 5 rings (SSSR count). The van der Waals surface area contributed by atoms with Crippen LogP contribution in [0.5, 0.6) is 11.5 Å². The molecule has 2 saturated heterocycles. The number of nitrogens with one attached hydrogen (secondary N) is 1. The average molecular weight is 409 g/mol. The van der Waals surface area contributed by atoms with Gasteiger partial charge < -0.3 is 14.8 Å². The van der Waals surface area contributed by atoms with Gasteiger partial charge in [0.2, 0.25) is 6.04 Å². The lowest BCUT2D eigenvalue weighted by Gasteiger charge is -2.36. The maximum absolute atomic E-state index is 13.6. The number of carbonyl (C=O) groups is 1. The zero-order valence-corrected chi connectivity index (χ0v) is 16.8. The molecule has 3 aliphatic rings. The number of ether oxygens (including phenoxy) is 2. The molecule has 2 fully saturated rings. The number of carbonyl (C=O) groups excluding carboxylic acids is 1. The molecule has 156 valence electrons. The summed E-state index contributed by atoms with van der Waals surface area (Å²) in [6, 6.07) is 11.7. The zero-order valence-electron chi connectivity index (χ0n) is 16.8. The van der Waals surface area contributed by atoms with E-state index in [0.29, 0.717) is 30.0 Å². The van der Waals surface area contributed by atoms with Crippen LogP contribution in [0.15, 0.2) is 42.5 Å². The van der Waals surface area contributed by atoms with Gasteiger partial charge in [-0.1, -0.05) is 24.3 Å². The number of nitro groups is 1. The first kappa shape index (κ1) is 18.9. The summed E-state index contributed by atoms with van der Waals surface area (Å²) in [6.45, 7) is 0.653. The molecule has 3 heterocycles. The fourth-order valence-corrected chi connectivity index (χ4v) is 5.84. The normalized spacial score (nSPS) is 29.5. The summed E-state index contributed by atoms with van der Waals surface area (Å²) in [5.74, 6) is 0.190. The predicted octanol–water partition coefficient (Wildman–Crippen LogP) is 2.76. The lowest BCUT2D eigenvalue weighted by atomic mass is 9.73. The second-order valence-corrected chi connectivity index (χ2v) is 8.04. The van der Waals surface area contributed by atoms with Crippen LogP contribution in [0.1, 0.15) is 29.9 Å². The maximum atomic E-state index is 13.6. The number of hydrogen-bond donors (Lipinski definition) is 1. The molecule has 2 aromatic rings. The highest BCUT2D eigenvalue weighted by Gasteiger charge is 2.71. The van der Waals surface area contributed by atoms with Gasteiger partial charge >= 0.3 is 0 Å². The van der Waals surface area contributed by atoms with E-state index in [1.54, 1.807) is 19.2 Å². The molecule has 8 nitrogen and oxygen atoms in total. The predicted molar refractivity (Wildman–Crippen MR) is 110 cm³/mol. The average Bonchev–Trinajstić information content (AvgIpc) is 3.40. The molecule has 2 aromatic carbocycles. The van der Waals surface area contributed by atoms with Crippen LogP contribution < -0.4 is 14.8 Å². The van der Waals surface area contributed by atoms with Crippen LogP contribution in [0.3, 0.4) is 0 Å². The Morgan fingerprint density at radius 3 is 2.67 bits per heavy atom. The minimum atomic E-state index is -1.12.